The SMILES string of the molecule is COc1cc2[nH]cc(C(=O)Nc3ccccc3C(F)(F)F)c2c(OC)c1OC. The van der Waals surface area contributed by atoms with Gasteiger partial charge in [0.15, 0.2) is 11.5 Å². The maximum absolute atomic E-state index is 13.2. The summed E-state index contributed by atoms with van der Waals surface area (Å²) in [6, 6.07) is 6.37. The minimum absolute atomic E-state index is 0.102. The van der Waals surface area contributed by atoms with Crippen molar-refractivity contribution >= 4 is 22.5 Å². The largest absolute Gasteiger partial charge is 0.493 e. The Morgan fingerprint density at radius 3 is 2.32 bits per heavy atom. The number of fused-ring (bicyclic) bond motifs is 1. The van der Waals surface area contributed by atoms with Gasteiger partial charge in [0.05, 0.1) is 49.0 Å². The van der Waals surface area contributed by atoms with Gasteiger partial charge >= 0.3 is 6.18 Å². The van der Waals surface area contributed by atoms with E-state index in [1.54, 1.807) is 6.07 Å². The van der Waals surface area contributed by atoms with Crippen LogP contribution in [-0.4, -0.2) is 32.2 Å². The number of aromatic nitrogens is 1. The zero-order valence-electron chi connectivity index (χ0n) is 15.2. The summed E-state index contributed by atoms with van der Waals surface area (Å²) < 4.78 is 55.5. The summed E-state index contributed by atoms with van der Waals surface area (Å²) in [5.74, 6) is 0.144. The number of halogens is 3. The fourth-order valence-electron chi connectivity index (χ4n) is 2.97. The molecule has 0 saturated carbocycles. The molecule has 0 unspecified atom stereocenters. The molecule has 0 bridgehead atoms. The van der Waals surface area contributed by atoms with Gasteiger partial charge in [0.2, 0.25) is 5.75 Å². The van der Waals surface area contributed by atoms with Gasteiger partial charge in [0.1, 0.15) is 0 Å². The van der Waals surface area contributed by atoms with Crippen molar-refractivity contribution in [2.45, 2.75) is 6.18 Å². The molecule has 0 fully saturated rings. The minimum Gasteiger partial charge on any atom is -0.493 e. The van der Waals surface area contributed by atoms with Crippen LogP contribution in [-0.2, 0) is 6.18 Å². The third-order valence-electron chi connectivity index (χ3n) is 4.20. The Labute approximate surface area is 158 Å². The molecule has 1 amide bonds. The number of methoxy groups -OCH3 is 3. The first-order valence-corrected chi connectivity index (χ1v) is 8.09. The number of amides is 1. The summed E-state index contributed by atoms with van der Waals surface area (Å²) in [6.45, 7) is 0. The van der Waals surface area contributed by atoms with Crippen molar-refractivity contribution in [1.29, 1.82) is 0 Å². The van der Waals surface area contributed by atoms with E-state index in [0.29, 0.717) is 16.7 Å². The number of carbonyl (C=O) groups excluding carboxylic acids is 1. The second-order valence-electron chi connectivity index (χ2n) is 5.77. The van der Waals surface area contributed by atoms with Crippen molar-refractivity contribution in [3.63, 3.8) is 0 Å². The minimum atomic E-state index is -4.60. The van der Waals surface area contributed by atoms with E-state index in [1.165, 1.54) is 45.7 Å². The molecule has 0 spiro atoms. The molecular formula is C19H17F3N2O4. The molecule has 3 aromatic rings. The van der Waals surface area contributed by atoms with E-state index in [1.807, 2.05) is 0 Å². The topological polar surface area (TPSA) is 72.6 Å². The Hall–Kier alpha value is -3.36. The second kappa shape index (κ2) is 7.34. The predicted octanol–water partition coefficient (Wildman–Crippen LogP) is 4.46. The zero-order valence-corrected chi connectivity index (χ0v) is 15.2. The van der Waals surface area contributed by atoms with E-state index in [4.69, 9.17) is 14.2 Å². The van der Waals surface area contributed by atoms with Crippen LogP contribution in [0.2, 0.25) is 0 Å². The summed E-state index contributed by atoms with van der Waals surface area (Å²) in [4.78, 5) is 15.7. The maximum Gasteiger partial charge on any atom is 0.418 e. The van der Waals surface area contributed by atoms with Crippen LogP contribution in [0.5, 0.6) is 17.2 Å². The highest BCUT2D eigenvalue weighted by Crippen LogP contribution is 2.44. The van der Waals surface area contributed by atoms with E-state index in [0.717, 1.165) is 6.07 Å². The number of nitrogens with one attached hydrogen (secondary N) is 2. The number of ether oxygens (including phenoxy) is 3. The van der Waals surface area contributed by atoms with Crippen molar-refractivity contribution < 1.29 is 32.2 Å². The van der Waals surface area contributed by atoms with Gasteiger partial charge in [-0.3, -0.25) is 4.79 Å². The van der Waals surface area contributed by atoms with Crippen LogP contribution in [0.15, 0.2) is 36.5 Å². The number of hydrogen-bond acceptors (Lipinski definition) is 4. The van der Waals surface area contributed by atoms with Crippen LogP contribution in [0.4, 0.5) is 18.9 Å². The zero-order chi connectivity index (χ0) is 20.5. The van der Waals surface area contributed by atoms with Crippen molar-refractivity contribution in [2.24, 2.45) is 0 Å². The Morgan fingerprint density at radius 2 is 1.71 bits per heavy atom. The average Bonchev–Trinajstić information content (AvgIpc) is 3.09. The molecule has 148 valence electrons. The smallest absolute Gasteiger partial charge is 0.418 e. The quantitative estimate of drug-likeness (QED) is 0.670. The molecule has 2 aromatic carbocycles. The molecule has 3 rings (SSSR count). The molecule has 6 nitrogen and oxygen atoms in total. The molecule has 0 aliphatic heterocycles. The number of carbonyl (C=O) groups is 1. The first-order valence-electron chi connectivity index (χ1n) is 8.09. The Morgan fingerprint density at radius 1 is 1.04 bits per heavy atom. The van der Waals surface area contributed by atoms with Crippen molar-refractivity contribution in [3.8, 4) is 17.2 Å². The first-order chi connectivity index (χ1) is 13.3. The highest BCUT2D eigenvalue weighted by molar-refractivity contribution is 6.15. The summed E-state index contributed by atoms with van der Waals surface area (Å²) in [5.41, 5.74) is -0.670. The number of aromatic amines is 1. The standard InChI is InChI=1S/C19H17F3N2O4/c1-26-14-8-13-15(17(28-3)16(14)27-2)10(9-23-13)18(25)24-12-7-5-4-6-11(12)19(20,21)22/h4-9,23H,1-3H3,(H,24,25). The highest BCUT2D eigenvalue weighted by Gasteiger charge is 2.34. The molecular weight excluding hydrogens is 377 g/mol. The number of benzene rings is 2. The van der Waals surface area contributed by atoms with E-state index in [-0.39, 0.29) is 22.7 Å². The average molecular weight is 394 g/mol. The lowest BCUT2D eigenvalue weighted by Gasteiger charge is -2.15. The van der Waals surface area contributed by atoms with Gasteiger partial charge in [-0.2, -0.15) is 13.2 Å². The Balaban J connectivity index is 2.09. The van der Waals surface area contributed by atoms with Crippen LogP contribution in [0, 0.1) is 0 Å². The van der Waals surface area contributed by atoms with E-state index in [2.05, 4.69) is 10.3 Å². The van der Waals surface area contributed by atoms with Gasteiger partial charge in [-0.25, -0.2) is 0 Å². The number of rotatable bonds is 5. The third-order valence-corrected chi connectivity index (χ3v) is 4.20. The molecule has 1 aromatic heterocycles. The number of H-pyrrole nitrogens is 1. The molecule has 0 aliphatic carbocycles. The summed E-state index contributed by atoms with van der Waals surface area (Å²) in [5, 5.41) is 2.69. The summed E-state index contributed by atoms with van der Waals surface area (Å²) in [7, 11) is 4.26. The highest BCUT2D eigenvalue weighted by atomic mass is 19.4. The van der Waals surface area contributed by atoms with Crippen LogP contribution in [0.1, 0.15) is 15.9 Å². The molecule has 0 aliphatic rings. The van der Waals surface area contributed by atoms with Gasteiger partial charge in [0, 0.05) is 12.3 Å². The molecule has 2 N–H and O–H groups in total. The molecule has 0 saturated heterocycles. The van der Waals surface area contributed by atoms with Crippen LogP contribution >= 0.6 is 0 Å². The van der Waals surface area contributed by atoms with Crippen molar-refractivity contribution in [2.75, 3.05) is 26.6 Å². The van der Waals surface area contributed by atoms with Crippen LogP contribution < -0.4 is 19.5 Å². The van der Waals surface area contributed by atoms with Gasteiger partial charge in [0.25, 0.3) is 5.91 Å². The van der Waals surface area contributed by atoms with E-state index in [9.17, 15) is 18.0 Å². The number of anilines is 1. The summed E-state index contributed by atoms with van der Waals surface area (Å²) in [6.07, 6.45) is -3.21. The molecule has 0 atom stereocenters. The number of para-hydroxylation sites is 1. The van der Waals surface area contributed by atoms with Gasteiger partial charge in [-0.15, -0.1) is 0 Å². The van der Waals surface area contributed by atoms with Gasteiger partial charge in [-0.05, 0) is 12.1 Å². The van der Waals surface area contributed by atoms with Gasteiger partial charge < -0.3 is 24.5 Å². The number of hydrogen-bond donors (Lipinski definition) is 2. The monoisotopic (exact) mass is 394 g/mol. The molecule has 28 heavy (non-hydrogen) atoms. The van der Waals surface area contributed by atoms with E-state index < -0.39 is 17.6 Å². The fourth-order valence-corrected chi connectivity index (χ4v) is 2.97. The Kier molecular flexibility index (Phi) is 5.08. The normalized spacial score (nSPS) is 11.4. The molecule has 9 heteroatoms. The Bertz CT molecular complexity index is 1030. The molecule has 1 heterocycles. The lowest BCUT2D eigenvalue weighted by atomic mass is 10.1. The van der Waals surface area contributed by atoms with Crippen LogP contribution in [0.25, 0.3) is 10.9 Å². The number of alkyl halides is 3. The predicted molar refractivity (Wildman–Crippen MR) is 97.4 cm³/mol. The lowest BCUT2D eigenvalue weighted by molar-refractivity contribution is -0.136. The summed E-state index contributed by atoms with van der Waals surface area (Å²) >= 11 is 0. The lowest BCUT2D eigenvalue weighted by Crippen LogP contribution is -2.16. The van der Waals surface area contributed by atoms with E-state index >= 15 is 0 Å². The fraction of sp³-hybridized carbons (Fsp3) is 0.211. The maximum atomic E-state index is 13.2. The van der Waals surface area contributed by atoms with Crippen molar-refractivity contribution in [1.82, 2.24) is 4.98 Å². The first kappa shape index (κ1) is 19.4. The van der Waals surface area contributed by atoms with Crippen molar-refractivity contribution in [3.05, 3.63) is 47.7 Å². The van der Waals surface area contributed by atoms with Gasteiger partial charge in [-0.1, -0.05) is 12.1 Å². The second-order valence-corrected chi connectivity index (χ2v) is 5.77. The third kappa shape index (κ3) is 3.30. The molecule has 0 radical (unpaired) electrons. The van der Waals surface area contributed by atoms with Crippen LogP contribution in [0.3, 0.4) is 0 Å².